The lowest BCUT2D eigenvalue weighted by Gasteiger charge is -2.21. The van der Waals surface area contributed by atoms with Crippen molar-refractivity contribution in [2.45, 2.75) is 44.7 Å². The quantitative estimate of drug-likeness (QED) is 0.350. The first-order chi connectivity index (χ1) is 13.8. The van der Waals surface area contributed by atoms with E-state index < -0.39 is 11.9 Å². The van der Waals surface area contributed by atoms with Gasteiger partial charge in [0.25, 0.3) is 0 Å². The van der Waals surface area contributed by atoms with Crippen LogP contribution in [0.15, 0.2) is 41.5 Å². The van der Waals surface area contributed by atoms with Gasteiger partial charge in [-0.15, -0.1) is 24.0 Å². The number of guanidine groups is 1. The molecule has 0 saturated carbocycles. The summed E-state index contributed by atoms with van der Waals surface area (Å²) in [6.45, 7) is 3.90. The maximum atomic E-state index is 13.1. The summed E-state index contributed by atoms with van der Waals surface area (Å²) >= 11 is 0. The lowest BCUT2D eigenvalue weighted by molar-refractivity contribution is -0.142. The van der Waals surface area contributed by atoms with Crippen molar-refractivity contribution in [3.05, 3.63) is 53.3 Å². The number of hydrogen-bond acceptors (Lipinski definition) is 3. The van der Waals surface area contributed by atoms with Gasteiger partial charge in [-0.1, -0.05) is 30.3 Å². The number of hydrogen-bond donors (Lipinski definition) is 2. The van der Waals surface area contributed by atoms with Crippen LogP contribution >= 0.6 is 24.0 Å². The molecule has 3 rings (SSSR count). The van der Waals surface area contributed by atoms with E-state index in [9.17, 15) is 13.2 Å². The number of likely N-dealkylation sites (tertiary alicyclic amines) is 1. The highest BCUT2D eigenvalue weighted by Gasteiger charge is 2.37. The summed E-state index contributed by atoms with van der Waals surface area (Å²) in [6.07, 6.45) is -2.16. The molecule has 166 valence electrons. The highest BCUT2D eigenvalue weighted by atomic mass is 127. The molecule has 1 saturated heterocycles. The van der Waals surface area contributed by atoms with Crippen LogP contribution in [0.2, 0.25) is 0 Å². The van der Waals surface area contributed by atoms with E-state index in [-0.39, 0.29) is 42.1 Å². The summed E-state index contributed by atoms with van der Waals surface area (Å²) in [5, 5.41) is 9.85. The van der Waals surface area contributed by atoms with E-state index in [2.05, 4.69) is 44.7 Å². The summed E-state index contributed by atoms with van der Waals surface area (Å²) in [7, 11) is 3.09. The van der Waals surface area contributed by atoms with Gasteiger partial charge in [0.1, 0.15) is 0 Å². The SMILES string of the molecule is CN=C(NCc1cn(C)nc1C(F)(F)F)NC1CC(C)N(Cc2ccccc2)C1.I. The number of aryl methyl sites for hydroxylation is 1. The number of halogens is 4. The van der Waals surface area contributed by atoms with Gasteiger partial charge in [0.2, 0.25) is 0 Å². The van der Waals surface area contributed by atoms with Gasteiger partial charge in [0, 0.05) is 57.6 Å². The van der Waals surface area contributed by atoms with Crippen molar-refractivity contribution < 1.29 is 13.2 Å². The zero-order valence-corrected chi connectivity index (χ0v) is 19.6. The molecule has 0 spiro atoms. The van der Waals surface area contributed by atoms with Gasteiger partial charge in [-0.25, -0.2) is 0 Å². The fraction of sp³-hybridized carbons (Fsp3) is 0.500. The van der Waals surface area contributed by atoms with E-state index in [1.165, 1.54) is 23.5 Å². The van der Waals surface area contributed by atoms with Gasteiger partial charge in [-0.3, -0.25) is 14.6 Å². The minimum atomic E-state index is -4.48. The van der Waals surface area contributed by atoms with Gasteiger partial charge in [-0.2, -0.15) is 18.3 Å². The van der Waals surface area contributed by atoms with Crippen molar-refractivity contribution in [2.75, 3.05) is 13.6 Å². The molecule has 2 heterocycles. The fourth-order valence-electron chi connectivity index (χ4n) is 3.71. The standard InChI is InChI=1S/C20H27F3N6.HI/c1-14-9-17(13-29(14)11-15-7-5-4-6-8-15)26-19(24-2)25-10-16-12-28(3)27-18(16)20(21,22)23;/h4-8,12,14,17H,9-11,13H2,1-3H3,(H2,24,25,26);1H. The summed E-state index contributed by atoms with van der Waals surface area (Å²) in [5.74, 6) is 0.487. The topological polar surface area (TPSA) is 57.5 Å². The second kappa shape index (κ2) is 10.5. The minimum absolute atomic E-state index is 0. The van der Waals surface area contributed by atoms with E-state index >= 15 is 0 Å². The predicted molar refractivity (Wildman–Crippen MR) is 122 cm³/mol. The molecule has 2 atom stereocenters. The average molecular weight is 536 g/mol. The highest BCUT2D eigenvalue weighted by molar-refractivity contribution is 14.0. The molecule has 1 aromatic heterocycles. The maximum Gasteiger partial charge on any atom is 0.435 e. The molecule has 2 N–H and O–H groups in total. The Labute approximate surface area is 191 Å². The van der Waals surface area contributed by atoms with Crippen LogP contribution in [0.3, 0.4) is 0 Å². The number of alkyl halides is 3. The van der Waals surface area contributed by atoms with Gasteiger partial charge in [-0.05, 0) is 18.9 Å². The number of nitrogens with one attached hydrogen (secondary N) is 2. The Morgan fingerprint density at radius 2 is 1.97 bits per heavy atom. The summed E-state index contributed by atoms with van der Waals surface area (Å²) in [6, 6.07) is 10.9. The van der Waals surface area contributed by atoms with Crippen LogP contribution in [0.1, 0.15) is 30.2 Å². The van der Waals surface area contributed by atoms with Gasteiger partial charge < -0.3 is 10.6 Å². The first-order valence-corrected chi connectivity index (χ1v) is 9.61. The molecule has 10 heteroatoms. The van der Waals surface area contributed by atoms with Crippen LogP contribution in [0.4, 0.5) is 13.2 Å². The highest BCUT2D eigenvalue weighted by Crippen LogP contribution is 2.30. The van der Waals surface area contributed by atoms with Crippen LogP contribution in [0.25, 0.3) is 0 Å². The summed E-state index contributed by atoms with van der Waals surface area (Å²) in [5.41, 5.74) is 0.485. The van der Waals surface area contributed by atoms with Gasteiger partial charge in [0.05, 0.1) is 0 Å². The number of nitrogens with zero attached hydrogens (tertiary/aromatic N) is 4. The van der Waals surface area contributed by atoms with Crippen molar-refractivity contribution >= 4 is 29.9 Å². The lowest BCUT2D eigenvalue weighted by atomic mass is 10.2. The number of aromatic nitrogens is 2. The van der Waals surface area contributed by atoms with Crippen LogP contribution < -0.4 is 10.6 Å². The molecule has 1 fully saturated rings. The minimum Gasteiger partial charge on any atom is -0.352 e. The third kappa shape index (κ3) is 6.34. The smallest absolute Gasteiger partial charge is 0.352 e. The summed E-state index contributed by atoms with van der Waals surface area (Å²) in [4.78, 5) is 6.56. The van der Waals surface area contributed by atoms with Crippen molar-refractivity contribution in [1.29, 1.82) is 0 Å². The lowest BCUT2D eigenvalue weighted by Crippen LogP contribution is -2.44. The molecule has 30 heavy (non-hydrogen) atoms. The first kappa shape index (κ1) is 24.4. The average Bonchev–Trinajstić information content (AvgIpc) is 3.21. The molecule has 0 amide bonds. The second-order valence-corrected chi connectivity index (χ2v) is 7.44. The third-order valence-electron chi connectivity index (χ3n) is 5.12. The molecule has 1 aliphatic rings. The fourth-order valence-corrected chi connectivity index (χ4v) is 3.71. The van der Waals surface area contributed by atoms with E-state index in [4.69, 9.17) is 0 Å². The van der Waals surface area contributed by atoms with Crippen molar-refractivity contribution in [1.82, 2.24) is 25.3 Å². The van der Waals surface area contributed by atoms with E-state index in [1.807, 2.05) is 18.2 Å². The van der Waals surface area contributed by atoms with E-state index in [0.29, 0.717) is 12.0 Å². The maximum absolute atomic E-state index is 13.1. The molecule has 0 bridgehead atoms. The molecule has 6 nitrogen and oxygen atoms in total. The molecule has 1 aliphatic heterocycles. The van der Waals surface area contributed by atoms with Crippen LogP contribution in [-0.2, 0) is 26.3 Å². The van der Waals surface area contributed by atoms with Crippen molar-refractivity contribution in [3.63, 3.8) is 0 Å². The molecular formula is C20H28F3IN6. The van der Waals surface area contributed by atoms with Crippen molar-refractivity contribution in [2.24, 2.45) is 12.0 Å². The molecule has 0 aliphatic carbocycles. The Bertz CT molecular complexity index is 837. The van der Waals surface area contributed by atoms with Crippen LogP contribution in [0, 0.1) is 0 Å². The zero-order chi connectivity index (χ0) is 21.0. The molecule has 2 aromatic rings. The third-order valence-corrected chi connectivity index (χ3v) is 5.12. The largest absolute Gasteiger partial charge is 0.435 e. The first-order valence-electron chi connectivity index (χ1n) is 9.61. The van der Waals surface area contributed by atoms with E-state index in [1.54, 1.807) is 7.05 Å². The Morgan fingerprint density at radius 3 is 2.60 bits per heavy atom. The Kier molecular flexibility index (Phi) is 8.53. The molecule has 2 unspecified atom stereocenters. The molecule has 0 radical (unpaired) electrons. The number of rotatable bonds is 5. The molecular weight excluding hydrogens is 508 g/mol. The van der Waals surface area contributed by atoms with Gasteiger partial charge >= 0.3 is 6.18 Å². The Hall–Kier alpha value is -1.82. The molecule has 1 aromatic carbocycles. The predicted octanol–water partition coefficient (Wildman–Crippen LogP) is 3.38. The number of aliphatic imine (C=N–C) groups is 1. The number of benzene rings is 1. The second-order valence-electron chi connectivity index (χ2n) is 7.44. The van der Waals surface area contributed by atoms with Crippen LogP contribution in [0.5, 0.6) is 0 Å². The van der Waals surface area contributed by atoms with E-state index in [0.717, 1.165) is 19.5 Å². The summed E-state index contributed by atoms with van der Waals surface area (Å²) < 4.78 is 40.5. The Morgan fingerprint density at radius 1 is 1.27 bits per heavy atom. The van der Waals surface area contributed by atoms with Gasteiger partial charge in [0.15, 0.2) is 11.7 Å². The zero-order valence-electron chi connectivity index (χ0n) is 17.3. The Balaban J connectivity index is 0.00000320. The van der Waals surface area contributed by atoms with Crippen molar-refractivity contribution in [3.8, 4) is 0 Å². The normalized spacial score (nSPS) is 20.1. The monoisotopic (exact) mass is 536 g/mol. The van der Waals surface area contributed by atoms with Crippen LogP contribution in [-0.4, -0.2) is 46.3 Å².